The molecule has 4 unspecified atom stereocenters. The van der Waals surface area contributed by atoms with Gasteiger partial charge < -0.3 is 4.90 Å². The zero-order chi connectivity index (χ0) is 20.3. The van der Waals surface area contributed by atoms with Gasteiger partial charge in [-0.1, -0.05) is 19.9 Å². The molecule has 1 amide bonds. The van der Waals surface area contributed by atoms with E-state index in [1.54, 1.807) is 6.08 Å². The molecule has 7 atom stereocenters. The van der Waals surface area contributed by atoms with Gasteiger partial charge in [0.2, 0.25) is 5.91 Å². The SMILES string of the molecule is CCN(CC)C(=O)[C@H]1CCC2C3CN=C4C(C)C(=O)C=C[C@]4(C)C3CC[C@@]21C. The minimum Gasteiger partial charge on any atom is -0.343 e. The van der Waals surface area contributed by atoms with Crippen molar-refractivity contribution < 1.29 is 9.59 Å². The smallest absolute Gasteiger partial charge is 0.226 e. The molecular weight excluding hydrogens is 348 g/mol. The van der Waals surface area contributed by atoms with Crippen molar-refractivity contribution >= 4 is 17.4 Å². The molecule has 0 aromatic heterocycles. The molecule has 0 aromatic carbocycles. The third-order valence-electron chi connectivity index (χ3n) is 9.04. The number of fused-ring (bicyclic) bond motifs is 5. The van der Waals surface area contributed by atoms with Crippen molar-refractivity contribution in [2.45, 2.75) is 60.3 Å². The van der Waals surface area contributed by atoms with Crippen molar-refractivity contribution in [3.05, 3.63) is 12.2 Å². The number of ketones is 1. The topological polar surface area (TPSA) is 49.7 Å². The minimum absolute atomic E-state index is 0.0789. The molecule has 2 saturated carbocycles. The van der Waals surface area contributed by atoms with Gasteiger partial charge in [0.15, 0.2) is 5.78 Å². The average Bonchev–Trinajstić information content (AvgIpc) is 3.03. The van der Waals surface area contributed by atoms with Crippen LogP contribution in [0, 0.1) is 40.4 Å². The van der Waals surface area contributed by atoms with Crippen LogP contribution in [0.25, 0.3) is 0 Å². The Hall–Kier alpha value is -1.45. The first kappa shape index (κ1) is 19.8. The number of carbonyl (C=O) groups is 2. The van der Waals surface area contributed by atoms with E-state index >= 15 is 0 Å². The summed E-state index contributed by atoms with van der Waals surface area (Å²) in [7, 11) is 0. The van der Waals surface area contributed by atoms with Crippen LogP contribution in [0.3, 0.4) is 0 Å². The van der Waals surface area contributed by atoms with E-state index in [2.05, 4.69) is 33.8 Å². The molecule has 154 valence electrons. The Kier molecular flexibility index (Phi) is 4.83. The van der Waals surface area contributed by atoms with Gasteiger partial charge in [0.1, 0.15) is 0 Å². The molecule has 1 aliphatic heterocycles. The van der Waals surface area contributed by atoms with Crippen molar-refractivity contribution in [1.29, 1.82) is 0 Å². The van der Waals surface area contributed by atoms with Crippen LogP contribution in [0.2, 0.25) is 0 Å². The van der Waals surface area contributed by atoms with E-state index in [-0.39, 0.29) is 28.4 Å². The maximum absolute atomic E-state index is 13.2. The lowest BCUT2D eigenvalue weighted by Crippen LogP contribution is -2.55. The van der Waals surface area contributed by atoms with E-state index in [1.807, 2.05) is 11.8 Å². The molecule has 0 bridgehead atoms. The number of carbonyl (C=O) groups excluding carboxylic acids is 2. The molecule has 0 aromatic rings. The van der Waals surface area contributed by atoms with Gasteiger partial charge in [0, 0.05) is 36.7 Å². The second kappa shape index (κ2) is 6.81. The van der Waals surface area contributed by atoms with Crippen LogP contribution in [0.5, 0.6) is 0 Å². The molecule has 3 aliphatic carbocycles. The van der Waals surface area contributed by atoms with Crippen molar-refractivity contribution in [3.8, 4) is 0 Å². The lowest BCUT2D eigenvalue weighted by atomic mass is 9.50. The molecular formula is C24H36N2O2. The predicted molar refractivity (Wildman–Crippen MR) is 112 cm³/mol. The highest BCUT2D eigenvalue weighted by molar-refractivity contribution is 6.15. The number of hydrogen-bond acceptors (Lipinski definition) is 3. The van der Waals surface area contributed by atoms with Gasteiger partial charge in [-0.25, -0.2) is 0 Å². The fraction of sp³-hybridized carbons (Fsp3) is 0.792. The summed E-state index contributed by atoms with van der Waals surface area (Å²) in [6.07, 6.45) is 8.39. The molecule has 4 nitrogen and oxygen atoms in total. The minimum atomic E-state index is -0.0848. The fourth-order valence-corrected chi connectivity index (χ4v) is 7.36. The van der Waals surface area contributed by atoms with E-state index in [9.17, 15) is 9.59 Å². The van der Waals surface area contributed by atoms with Crippen LogP contribution in [0.1, 0.15) is 60.3 Å². The number of rotatable bonds is 3. The first-order valence-corrected chi connectivity index (χ1v) is 11.3. The lowest BCUT2D eigenvalue weighted by Gasteiger charge is -2.56. The average molecular weight is 385 g/mol. The van der Waals surface area contributed by atoms with Gasteiger partial charge in [-0.3, -0.25) is 14.6 Å². The van der Waals surface area contributed by atoms with E-state index in [0.29, 0.717) is 23.7 Å². The summed E-state index contributed by atoms with van der Waals surface area (Å²) in [5, 5.41) is 0. The van der Waals surface area contributed by atoms with Gasteiger partial charge in [-0.2, -0.15) is 0 Å². The fourth-order valence-electron chi connectivity index (χ4n) is 7.36. The Balaban J connectivity index is 1.64. The summed E-state index contributed by atoms with van der Waals surface area (Å²) in [5.41, 5.74) is 1.13. The molecule has 4 heteroatoms. The molecule has 0 radical (unpaired) electrons. The van der Waals surface area contributed by atoms with E-state index in [1.165, 1.54) is 0 Å². The Morgan fingerprint density at radius 1 is 1.18 bits per heavy atom. The molecule has 4 aliphatic rings. The number of hydrogen-bond donors (Lipinski definition) is 0. The molecule has 0 spiro atoms. The normalized spacial score (nSPS) is 44.4. The molecule has 2 fully saturated rings. The standard InChI is InChI=1S/C24H36N2O2/c1-6-26(7-2)22(28)19-9-8-17-16-14-25-21-15(3)20(27)11-13-24(21,5)18(16)10-12-23(17,19)4/h11,13,15-19H,6-10,12,14H2,1-5H3/t15?,16?,17?,18?,19-,23+,24-/m1/s1. The first-order valence-electron chi connectivity index (χ1n) is 11.3. The van der Waals surface area contributed by atoms with Crippen LogP contribution in [0.15, 0.2) is 17.1 Å². The third kappa shape index (κ3) is 2.59. The molecule has 0 saturated heterocycles. The zero-order valence-electron chi connectivity index (χ0n) is 18.2. The number of allylic oxidation sites excluding steroid dienone is 2. The highest BCUT2D eigenvalue weighted by Gasteiger charge is 2.60. The Morgan fingerprint density at radius 3 is 2.57 bits per heavy atom. The zero-order valence-corrected chi connectivity index (χ0v) is 18.2. The van der Waals surface area contributed by atoms with Crippen LogP contribution in [-0.4, -0.2) is 41.9 Å². The van der Waals surface area contributed by atoms with Crippen molar-refractivity contribution in [2.75, 3.05) is 19.6 Å². The third-order valence-corrected chi connectivity index (χ3v) is 9.04. The van der Waals surface area contributed by atoms with Crippen molar-refractivity contribution in [1.82, 2.24) is 4.90 Å². The highest BCUT2D eigenvalue weighted by atomic mass is 16.2. The van der Waals surface area contributed by atoms with E-state index in [0.717, 1.165) is 51.0 Å². The molecule has 0 N–H and O–H groups in total. The highest BCUT2D eigenvalue weighted by Crippen LogP contribution is 2.63. The Labute approximate surface area is 169 Å². The Bertz CT molecular complexity index is 737. The summed E-state index contributed by atoms with van der Waals surface area (Å²) < 4.78 is 0. The monoisotopic (exact) mass is 384 g/mol. The second-order valence-corrected chi connectivity index (χ2v) is 10.0. The number of aliphatic imine (C=N–C) groups is 1. The van der Waals surface area contributed by atoms with Crippen molar-refractivity contribution in [3.63, 3.8) is 0 Å². The van der Waals surface area contributed by atoms with Crippen LogP contribution < -0.4 is 0 Å². The quantitative estimate of drug-likeness (QED) is 0.734. The largest absolute Gasteiger partial charge is 0.343 e. The lowest BCUT2D eigenvalue weighted by molar-refractivity contribution is -0.141. The summed E-state index contributed by atoms with van der Waals surface area (Å²) in [6, 6.07) is 0. The van der Waals surface area contributed by atoms with E-state index in [4.69, 9.17) is 4.99 Å². The van der Waals surface area contributed by atoms with Gasteiger partial charge in [-0.05, 0) is 75.7 Å². The first-order chi connectivity index (χ1) is 13.3. The molecule has 1 heterocycles. The Morgan fingerprint density at radius 2 is 1.89 bits per heavy atom. The molecule has 28 heavy (non-hydrogen) atoms. The summed E-state index contributed by atoms with van der Waals surface area (Å²) >= 11 is 0. The van der Waals surface area contributed by atoms with Gasteiger partial charge >= 0.3 is 0 Å². The second-order valence-electron chi connectivity index (χ2n) is 10.0. The predicted octanol–water partition coefficient (Wildman–Crippen LogP) is 4.15. The van der Waals surface area contributed by atoms with Crippen molar-refractivity contribution in [2.24, 2.45) is 45.4 Å². The van der Waals surface area contributed by atoms with Gasteiger partial charge in [0.05, 0.1) is 5.92 Å². The summed E-state index contributed by atoms with van der Waals surface area (Å²) in [6.45, 7) is 13.3. The number of amides is 1. The summed E-state index contributed by atoms with van der Waals surface area (Å²) in [4.78, 5) is 32.5. The van der Waals surface area contributed by atoms with Gasteiger partial charge in [0.25, 0.3) is 0 Å². The molecule has 4 rings (SSSR count). The van der Waals surface area contributed by atoms with Gasteiger partial charge in [-0.15, -0.1) is 0 Å². The summed E-state index contributed by atoms with van der Waals surface area (Å²) in [5.74, 6) is 2.31. The van der Waals surface area contributed by atoms with E-state index < -0.39 is 0 Å². The van der Waals surface area contributed by atoms with Crippen LogP contribution >= 0.6 is 0 Å². The number of nitrogens with zero attached hydrogens (tertiary/aromatic N) is 2. The van der Waals surface area contributed by atoms with Crippen LogP contribution in [0.4, 0.5) is 0 Å². The maximum atomic E-state index is 13.2. The van der Waals surface area contributed by atoms with Crippen LogP contribution in [-0.2, 0) is 9.59 Å². The maximum Gasteiger partial charge on any atom is 0.226 e.